The molecule has 4 fully saturated rings. The Morgan fingerprint density at radius 2 is 1.79 bits per heavy atom. The molecular weight excluding hydrogens is 296 g/mol. The predicted molar refractivity (Wildman–Crippen MR) is 95.1 cm³/mol. The van der Waals surface area contributed by atoms with Gasteiger partial charge in [-0.3, -0.25) is 4.79 Å². The Balaban J connectivity index is 1.68. The second-order valence-corrected chi connectivity index (χ2v) is 10.2. The standard InChI is InChI=1S/C22H32O2/c1-5-22(24)13-12-21(4)17-9-11-20(3)16(6-7-18(20)23)15(17)8-10-19(21,2)14-22/h1,15-17,24H,6-14H2,2-4H3/t15-,16-,17-,19+,20+,21-,22+/m1/s1. The summed E-state index contributed by atoms with van der Waals surface area (Å²) in [6.45, 7) is 7.09. The van der Waals surface area contributed by atoms with Crippen LogP contribution in [0.15, 0.2) is 0 Å². The van der Waals surface area contributed by atoms with E-state index in [1.54, 1.807) is 0 Å². The van der Waals surface area contributed by atoms with Gasteiger partial charge >= 0.3 is 0 Å². The minimum Gasteiger partial charge on any atom is -0.378 e. The minimum absolute atomic E-state index is 0.0422. The van der Waals surface area contributed by atoms with E-state index in [4.69, 9.17) is 6.42 Å². The lowest BCUT2D eigenvalue weighted by molar-refractivity contribution is -0.179. The first-order valence-corrected chi connectivity index (χ1v) is 9.91. The lowest BCUT2D eigenvalue weighted by Crippen LogP contribution is -2.60. The van der Waals surface area contributed by atoms with E-state index in [0.29, 0.717) is 23.5 Å². The van der Waals surface area contributed by atoms with Crippen LogP contribution in [0.1, 0.15) is 78.6 Å². The topological polar surface area (TPSA) is 37.3 Å². The molecule has 0 heterocycles. The molecule has 4 aliphatic carbocycles. The molecule has 4 aliphatic rings. The molecule has 0 aliphatic heterocycles. The van der Waals surface area contributed by atoms with E-state index in [9.17, 15) is 9.90 Å². The summed E-state index contributed by atoms with van der Waals surface area (Å²) in [5.74, 6) is 5.20. The number of fused-ring (bicyclic) bond motifs is 5. The number of ketones is 1. The van der Waals surface area contributed by atoms with Crippen LogP contribution in [0.3, 0.4) is 0 Å². The van der Waals surface area contributed by atoms with Crippen LogP contribution in [-0.2, 0) is 4.79 Å². The quantitative estimate of drug-likeness (QED) is 0.671. The summed E-state index contributed by atoms with van der Waals surface area (Å²) in [5.41, 5.74) is -0.567. The lowest BCUT2D eigenvalue weighted by atomic mass is 9.39. The summed E-state index contributed by atoms with van der Waals surface area (Å²) < 4.78 is 0. The van der Waals surface area contributed by atoms with Crippen molar-refractivity contribution in [2.24, 2.45) is 34.0 Å². The summed E-state index contributed by atoms with van der Waals surface area (Å²) in [6, 6.07) is 0. The van der Waals surface area contributed by atoms with Crippen LogP contribution in [0.2, 0.25) is 0 Å². The highest BCUT2D eigenvalue weighted by Crippen LogP contribution is 2.70. The second kappa shape index (κ2) is 4.88. The Bertz CT molecular complexity index is 618. The maximum atomic E-state index is 12.5. The Labute approximate surface area is 146 Å². The SMILES string of the molecule is C#C[C@]1(O)CC[C@]2(C)[C@@H]3CC[C@]4(C)C(=O)CC[C@@H]4[C@H]3CC[C@@]2(C)C1. The molecule has 4 saturated carbocycles. The zero-order chi connectivity index (χ0) is 17.4. The van der Waals surface area contributed by atoms with Gasteiger partial charge in [0.2, 0.25) is 0 Å². The molecule has 0 spiro atoms. The Morgan fingerprint density at radius 1 is 1.04 bits per heavy atom. The van der Waals surface area contributed by atoms with Gasteiger partial charge < -0.3 is 5.11 Å². The van der Waals surface area contributed by atoms with Crippen molar-refractivity contribution in [3.63, 3.8) is 0 Å². The third-order valence-electron chi connectivity index (χ3n) is 9.38. The molecule has 132 valence electrons. The van der Waals surface area contributed by atoms with Crippen molar-refractivity contribution in [2.45, 2.75) is 84.2 Å². The summed E-state index contributed by atoms with van der Waals surface area (Å²) >= 11 is 0. The van der Waals surface area contributed by atoms with Gasteiger partial charge in [0.05, 0.1) is 0 Å². The Hall–Kier alpha value is -0.810. The molecule has 0 aromatic rings. The van der Waals surface area contributed by atoms with Gasteiger partial charge in [0.1, 0.15) is 11.4 Å². The van der Waals surface area contributed by atoms with Crippen molar-refractivity contribution in [3.8, 4) is 12.3 Å². The van der Waals surface area contributed by atoms with Crippen LogP contribution >= 0.6 is 0 Å². The maximum Gasteiger partial charge on any atom is 0.139 e. The molecule has 0 saturated heterocycles. The number of terminal acetylenes is 1. The zero-order valence-corrected chi connectivity index (χ0v) is 15.5. The molecule has 0 unspecified atom stereocenters. The largest absolute Gasteiger partial charge is 0.378 e. The van der Waals surface area contributed by atoms with E-state index in [2.05, 4.69) is 26.7 Å². The summed E-state index contributed by atoms with van der Waals surface area (Å²) in [7, 11) is 0. The van der Waals surface area contributed by atoms with E-state index >= 15 is 0 Å². The third-order valence-corrected chi connectivity index (χ3v) is 9.38. The molecule has 7 atom stereocenters. The van der Waals surface area contributed by atoms with E-state index in [1.165, 1.54) is 12.8 Å². The van der Waals surface area contributed by atoms with Gasteiger partial charge in [-0.1, -0.05) is 26.7 Å². The van der Waals surface area contributed by atoms with Gasteiger partial charge in [0.25, 0.3) is 0 Å². The van der Waals surface area contributed by atoms with Crippen LogP contribution < -0.4 is 0 Å². The third kappa shape index (κ3) is 1.91. The monoisotopic (exact) mass is 328 g/mol. The predicted octanol–water partition coefficient (Wildman–Crippen LogP) is 4.35. The molecule has 0 radical (unpaired) electrons. The van der Waals surface area contributed by atoms with Crippen LogP contribution in [0.4, 0.5) is 0 Å². The number of aliphatic hydroxyl groups is 1. The Kier molecular flexibility index (Phi) is 3.38. The molecule has 0 amide bonds. The average molecular weight is 328 g/mol. The molecule has 0 aromatic heterocycles. The van der Waals surface area contributed by atoms with Gasteiger partial charge in [0.15, 0.2) is 0 Å². The van der Waals surface area contributed by atoms with Crippen molar-refractivity contribution in [1.82, 2.24) is 0 Å². The normalized spacial score (nSPS) is 56.8. The average Bonchev–Trinajstić information content (AvgIpc) is 2.84. The first-order chi connectivity index (χ1) is 11.2. The molecule has 4 rings (SSSR count). The van der Waals surface area contributed by atoms with Gasteiger partial charge in [-0.15, -0.1) is 6.42 Å². The molecule has 0 aromatic carbocycles. The van der Waals surface area contributed by atoms with E-state index in [1.807, 2.05) is 0 Å². The van der Waals surface area contributed by atoms with Crippen molar-refractivity contribution < 1.29 is 9.90 Å². The van der Waals surface area contributed by atoms with Crippen molar-refractivity contribution in [2.75, 3.05) is 0 Å². The number of carbonyl (C=O) groups excluding carboxylic acids is 1. The van der Waals surface area contributed by atoms with Gasteiger partial charge in [0, 0.05) is 11.8 Å². The number of hydrogen-bond acceptors (Lipinski definition) is 2. The molecule has 1 N–H and O–H groups in total. The lowest BCUT2D eigenvalue weighted by Gasteiger charge is -2.65. The number of hydrogen-bond donors (Lipinski definition) is 1. The fourth-order valence-corrected chi connectivity index (χ4v) is 7.57. The zero-order valence-electron chi connectivity index (χ0n) is 15.5. The molecule has 2 nitrogen and oxygen atoms in total. The number of Topliss-reactive ketones (excluding diaryl/α,β-unsaturated/α-hetero) is 1. The second-order valence-electron chi connectivity index (χ2n) is 10.2. The summed E-state index contributed by atoms with van der Waals surface area (Å²) in [4.78, 5) is 12.5. The van der Waals surface area contributed by atoms with E-state index < -0.39 is 5.60 Å². The molecular formula is C22H32O2. The maximum absolute atomic E-state index is 12.5. The molecule has 2 heteroatoms. The van der Waals surface area contributed by atoms with Gasteiger partial charge in [-0.2, -0.15) is 0 Å². The van der Waals surface area contributed by atoms with Gasteiger partial charge in [-0.25, -0.2) is 0 Å². The van der Waals surface area contributed by atoms with Crippen LogP contribution in [0.5, 0.6) is 0 Å². The fourth-order valence-electron chi connectivity index (χ4n) is 7.57. The first kappa shape index (κ1) is 16.6. The highest BCUT2D eigenvalue weighted by atomic mass is 16.3. The van der Waals surface area contributed by atoms with Gasteiger partial charge in [-0.05, 0) is 80.0 Å². The fraction of sp³-hybridized carbons (Fsp3) is 0.864. The molecule has 0 bridgehead atoms. The van der Waals surface area contributed by atoms with Crippen LogP contribution in [0, 0.1) is 46.3 Å². The first-order valence-electron chi connectivity index (χ1n) is 9.91. The van der Waals surface area contributed by atoms with Crippen molar-refractivity contribution in [3.05, 3.63) is 0 Å². The smallest absolute Gasteiger partial charge is 0.139 e. The van der Waals surface area contributed by atoms with Crippen LogP contribution in [-0.4, -0.2) is 16.5 Å². The van der Waals surface area contributed by atoms with Crippen LogP contribution in [0.25, 0.3) is 0 Å². The number of rotatable bonds is 0. The summed E-state index contributed by atoms with van der Waals surface area (Å²) in [5, 5.41) is 10.7. The highest BCUT2D eigenvalue weighted by Gasteiger charge is 2.64. The summed E-state index contributed by atoms with van der Waals surface area (Å²) in [6.07, 6.45) is 14.7. The minimum atomic E-state index is -0.909. The number of carbonyl (C=O) groups is 1. The van der Waals surface area contributed by atoms with E-state index in [0.717, 1.165) is 44.9 Å². The van der Waals surface area contributed by atoms with E-state index in [-0.39, 0.29) is 16.2 Å². The Morgan fingerprint density at radius 3 is 2.50 bits per heavy atom. The van der Waals surface area contributed by atoms with Crippen molar-refractivity contribution >= 4 is 5.78 Å². The molecule has 24 heavy (non-hydrogen) atoms. The van der Waals surface area contributed by atoms with Crippen molar-refractivity contribution in [1.29, 1.82) is 0 Å². The highest BCUT2D eigenvalue weighted by molar-refractivity contribution is 5.87.